The number of rotatable bonds is 4. The first kappa shape index (κ1) is 21.3. The highest BCUT2D eigenvalue weighted by Crippen LogP contribution is 2.45. The fourth-order valence-corrected chi connectivity index (χ4v) is 5.46. The summed E-state index contributed by atoms with van der Waals surface area (Å²) in [7, 11) is 3.04. The van der Waals surface area contributed by atoms with E-state index in [-0.39, 0.29) is 16.8 Å². The number of methoxy groups -OCH3 is 2. The number of hydrogen-bond acceptors (Lipinski definition) is 7. The van der Waals surface area contributed by atoms with Crippen LogP contribution in [0.3, 0.4) is 0 Å². The topological polar surface area (TPSA) is 81.9 Å². The summed E-state index contributed by atoms with van der Waals surface area (Å²) in [6, 6.07) is 15.4. The van der Waals surface area contributed by atoms with Crippen molar-refractivity contribution in [1.29, 1.82) is 0 Å². The van der Waals surface area contributed by atoms with E-state index in [4.69, 9.17) is 13.9 Å². The van der Waals surface area contributed by atoms with E-state index in [1.54, 1.807) is 48.5 Å². The van der Waals surface area contributed by atoms with Gasteiger partial charge in [0.1, 0.15) is 11.4 Å². The largest absolute Gasteiger partial charge is 0.493 e. The molecule has 0 aliphatic carbocycles. The average Bonchev–Trinajstić information content (AvgIpc) is 3.42. The van der Waals surface area contributed by atoms with Crippen molar-refractivity contribution in [3.05, 3.63) is 93.6 Å². The number of thiazole rings is 1. The van der Waals surface area contributed by atoms with E-state index in [2.05, 4.69) is 4.98 Å². The number of anilines is 1. The van der Waals surface area contributed by atoms with Crippen molar-refractivity contribution in [2.75, 3.05) is 19.1 Å². The minimum Gasteiger partial charge on any atom is -0.493 e. The Morgan fingerprint density at radius 1 is 1.00 bits per heavy atom. The van der Waals surface area contributed by atoms with Crippen LogP contribution in [0.1, 0.15) is 27.7 Å². The number of nitrogens with zero attached hydrogens (tertiary/aromatic N) is 2. The van der Waals surface area contributed by atoms with Crippen molar-refractivity contribution in [2.45, 2.75) is 6.04 Å². The number of para-hydroxylation sites is 1. The number of fused-ring (bicyclic) bond motifs is 3. The molecule has 0 spiro atoms. The number of ether oxygens (including phenoxy) is 2. The van der Waals surface area contributed by atoms with Gasteiger partial charge in [-0.25, -0.2) is 9.37 Å². The van der Waals surface area contributed by atoms with Crippen molar-refractivity contribution in [1.82, 2.24) is 4.98 Å². The second kappa shape index (κ2) is 7.92. The molecule has 1 aliphatic heterocycles. The van der Waals surface area contributed by atoms with Gasteiger partial charge < -0.3 is 13.9 Å². The Morgan fingerprint density at radius 3 is 2.60 bits per heavy atom. The second-order valence-electron chi connectivity index (χ2n) is 7.97. The molecule has 174 valence electrons. The molecule has 0 saturated carbocycles. The molecule has 1 atom stereocenters. The van der Waals surface area contributed by atoms with E-state index in [0.717, 1.165) is 11.3 Å². The van der Waals surface area contributed by atoms with Crippen molar-refractivity contribution >= 4 is 43.6 Å². The Balaban J connectivity index is 1.63. The summed E-state index contributed by atoms with van der Waals surface area (Å²) < 4.78 is 31.2. The van der Waals surface area contributed by atoms with Crippen molar-refractivity contribution in [3.63, 3.8) is 0 Å². The number of carbonyl (C=O) groups excluding carboxylic acids is 1. The van der Waals surface area contributed by atoms with Gasteiger partial charge >= 0.3 is 0 Å². The van der Waals surface area contributed by atoms with Crippen LogP contribution < -0.4 is 19.8 Å². The molecule has 0 radical (unpaired) electrons. The van der Waals surface area contributed by atoms with Gasteiger partial charge in [0.05, 0.1) is 41.4 Å². The van der Waals surface area contributed by atoms with Gasteiger partial charge in [-0.1, -0.05) is 29.5 Å². The summed E-state index contributed by atoms with van der Waals surface area (Å²) >= 11 is 1.16. The van der Waals surface area contributed by atoms with Crippen LogP contribution in [0.4, 0.5) is 9.52 Å². The maximum atomic E-state index is 13.8. The Hall–Kier alpha value is -4.24. The van der Waals surface area contributed by atoms with Crippen molar-refractivity contribution in [2.24, 2.45) is 0 Å². The predicted molar refractivity (Wildman–Crippen MR) is 130 cm³/mol. The zero-order valence-corrected chi connectivity index (χ0v) is 19.4. The van der Waals surface area contributed by atoms with E-state index in [1.807, 2.05) is 0 Å². The number of hydrogen-bond donors (Lipinski definition) is 0. The van der Waals surface area contributed by atoms with Gasteiger partial charge in [-0.05, 0) is 48.0 Å². The molecular weight excluding hydrogens is 471 g/mol. The highest BCUT2D eigenvalue weighted by molar-refractivity contribution is 7.22. The van der Waals surface area contributed by atoms with Crippen LogP contribution in [-0.2, 0) is 0 Å². The van der Waals surface area contributed by atoms with E-state index >= 15 is 0 Å². The number of halogens is 1. The standard InChI is InChI=1S/C26H17FN2O5S/c1-32-18-10-7-13(11-19(18)33-2)22-21-23(30)15-5-3-4-6-17(15)34-24(21)25(31)29(22)26-28-16-9-8-14(27)12-20(16)35-26/h3-12,22H,1-2H3/t22-/m0/s1. The summed E-state index contributed by atoms with van der Waals surface area (Å²) in [6.07, 6.45) is 0. The number of aromatic nitrogens is 1. The molecule has 0 N–H and O–H groups in total. The maximum Gasteiger partial charge on any atom is 0.297 e. The lowest BCUT2D eigenvalue weighted by molar-refractivity contribution is 0.0971. The third-order valence-electron chi connectivity index (χ3n) is 6.05. The molecule has 0 bridgehead atoms. The smallest absolute Gasteiger partial charge is 0.297 e. The van der Waals surface area contributed by atoms with Gasteiger partial charge in [0.25, 0.3) is 5.91 Å². The first-order valence-electron chi connectivity index (χ1n) is 10.7. The van der Waals surface area contributed by atoms with Crippen LogP contribution in [-0.4, -0.2) is 25.1 Å². The van der Waals surface area contributed by atoms with Gasteiger partial charge in [-0.2, -0.15) is 0 Å². The number of carbonyl (C=O) groups is 1. The third kappa shape index (κ3) is 3.19. The monoisotopic (exact) mass is 488 g/mol. The highest BCUT2D eigenvalue weighted by Gasteiger charge is 2.45. The third-order valence-corrected chi connectivity index (χ3v) is 7.06. The Labute approximate surface area is 202 Å². The quantitative estimate of drug-likeness (QED) is 0.341. The van der Waals surface area contributed by atoms with Gasteiger partial charge in [-0.3, -0.25) is 14.5 Å². The summed E-state index contributed by atoms with van der Waals surface area (Å²) in [4.78, 5) is 33.4. The maximum absolute atomic E-state index is 13.8. The first-order chi connectivity index (χ1) is 17.0. The molecule has 0 fully saturated rings. The van der Waals surface area contributed by atoms with E-state index < -0.39 is 17.8 Å². The zero-order valence-electron chi connectivity index (χ0n) is 18.6. The molecule has 3 heterocycles. The summed E-state index contributed by atoms with van der Waals surface area (Å²) in [6.45, 7) is 0. The molecular formula is C26H17FN2O5S. The van der Waals surface area contributed by atoms with E-state index in [9.17, 15) is 14.0 Å². The van der Waals surface area contributed by atoms with Crippen LogP contribution >= 0.6 is 11.3 Å². The molecule has 35 heavy (non-hydrogen) atoms. The molecule has 5 aromatic rings. The summed E-state index contributed by atoms with van der Waals surface area (Å²) in [5, 5.41) is 0.697. The molecule has 9 heteroatoms. The molecule has 0 saturated heterocycles. The molecule has 1 amide bonds. The van der Waals surface area contributed by atoms with Gasteiger partial charge in [0.2, 0.25) is 5.76 Å². The fraction of sp³-hybridized carbons (Fsp3) is 0.115. The zero-order chi connectivity index (χ0) is 24.3. The number of benzene rings is 3. The lowest BCUT2D eigenvalue weighted by Gasteiger charge is -2.23. The lowest BCUT2D eigenvalue weighted by Crippen LogP contribution is -2.29. The van der Waals surface area contributed by atoms with Crippen LogP contribution in [0.5, 0.6) is 11.5 Å². The SMILES string of the molecule is COc1ccc([C@H]2c3c(oc4ccccc4c3=O)C(=O)N2c2nc3ccc(F)cc3s2)cc1OC. The van der Waals surface area contributed by atoms with Crippen LogP contribution in [0.25, 0.3) is 21.2 Å². The highest BCUT2D eigenvalue weighted by atomic mass is 32.1. The normalized spacial score (nSPS) is 15.1. The number of amides is 1. The Morgan fingerprint density at radius 2 is 1.80 bits per heavy atom. The van der Waals surface area contributed by atoms with Crippen LogP contribution in [0, 0.1) is 5.82 Å². The minimum atomic E-state index is -0.830. The second-order valence-corrected chi connectivity index (χ2v) is 8.98. The van der Waals surface area contributed by atoms with Gasteiger partial charge in [-0.15, -0.1) is 0 Å². The lowest BCUT2D eigenvalue weighted by atomic mass is 9.98. The van der Waals surface area contributed by atoms with Crippen molar-refractivity contribution in [3.8, 4) is 11.5 Å². The predicted octanol–water partition coefficient (Wildman–Crippen LogP) is 5.31. The molecule has 7 nitrogen and oxygen atoms in total. The van der Waals surface area contributed by atoms with Crippen LogP contribution in [0.15, 0.2) is 69.9 Å². The molecule has 1 aliphatic rings. The Bertz CT molecular complexity index is 1710. The molecule has 6 rings (SSSR count). The molecule has 0 unspecified atom stereocenters. The van der Waals surface area contributed by atoms with E-state index in [0.29, 0.717) is 43.4 Å². The Kier molecular flexibility index (Phi) is 4.82. The minimum absolute atomic E-state index is 0.0427. The summed E-state index contributed by atoms with van der Waals surface area (Å²) in [5.41, 5.74) is 1.40. The first-order valence-corrected chi connectivity index (χ1v) is 11.5. The van der Waals surface area contributed by atoms with Crippen molar-refractivity contribution < 1.29 is 23.1 Å². The summed E-state index contributed by atoms with van der Waals surface area (Å²) in [5.74, 6) is 0.0140. The van der Waals surface area contributed by atoms with Gasteiger partial charge in [0, 0.05) is 0 Å². The van der Waals surface area contributed by atoms with E-state index in [1.165, 1.54) is 31.3 Å². The van der Waals surface area contributed by atoms with Crippen LogP contribution in [0.2, 0.25) is 0 Å². The van der Waals surface area contributed by atoms with Gasteiger partial charge in [0.15, 0.2) is 22.1 Å². The average molecular weight is 488 g/mol. The molecule has 2 aromatic heterocycles. The fourth-order valence-electron chi connectivity index (χ4n) is 4.44. The molecule has 3 aromatic carbocycles.